The summed E-state index contributed by atoms with van der Waals surface area (Å²) < 4.78 is 0. The number of rotatable bonds is 4. The maximum absolute atomic E-state index is 12.2. The Hall–Kier alpha value is -1.84. The van der Waals surface area contributed by atoms with Crippen molar-refractivity contribution < 1.29 is 9.59 Å². The summed E-state index contributed by atoms with van der Waals surface area (Å²) >= 11 is 0. The van der Waals surface area contributed by atoms with Crippen molar-refractivity contribution in [3.8, 4) is 0 Å². The Morgan fingerprint density at radius 3 is 2.32 bits per heavy atom. The van der Waals surface area contributed by atoms with Gasteiger partial charge in [0.05, 0.1) is 0 Å². The Labute approximate surface area is 114 Å². The molecule has 0 bridgehead atoms. The Morgan fingerprint density at radius 1 is 1.16 bits per heavy atom. The maximum atomic E-state index is 12.2. The van der Waals surface area contributed by atoms with Crippen LogP contribution in [-0.2, 0) is 9.59 Å². The zero-order valence-corrected chi connectivity index (χ0v) is 12.2. The first-order valence-electron chi connectivity index (χ1n) is 6.47. The molecule has 0 fully saturated rings. The van der Waals surface area contributed by atoms with Crippen molar-refractivity contribution in [3.05, 3.63) is 29.3 Å². The SMILES string of the molecule is CC(=O)N[C@@H](C(=O)Nc1cccc(C)c1C)C(C)C. The van der Waals surface area contributed by atoms with E-state index in [1.807, 2.05) is 45.9 Å². The van der Waals surface area contributed by atoms with Crippen molar-refractivity contribution in [3.63, 3.8) is 0 Å². The van der Waals surface area contributed by atoms with Gasteiger partial charge in [0, 0.05) is 12.6 Å². The summed E-state index contributed by atoms with van der Waals surface area (Å²) in [6.45, 7) is 9.19. The minimum atomic E-state index is -0.516. The largest absolute Gasteiger partial charge is 0.344 e. The summed E-state index contributed by atoms with van der Waals surface area (Å²) in [4.78, 5) is 23.4. The van der Waals surface area contributed by atoms with Crippen LogP contribution < -0.4 is 10.6 Å². The summed E-state index contributed by atoms with van der Waals surface area (Å²) in [7, 11) is 0. The number of benzene rings is 1. The van der Waals surface area contributed by atoms with Crippen LogP contribution in [0.5, 0.6) is 0 Å². The predicted molar refractivity (Wildman–Crippen MR) is 77.0 cm³/mol. The number of hydrogen-bond acceptors (Lipinski definition) is 2. The third-order valence-electron chi connectivity index (χ3n) is 3.17. The highest BCUT2D eigenvalue weighted by atomic mass is 16.2. The number of carbonyl (C=O) groups is 2. The van der Waals surface area contributed by atoms with Crippen molar-refractivity contribution in [1.29, 1.82) is 0 Å². The summed E-state index contributed by atoms with van der Waals surface area (Å²) in [5.41, 5.74) is 2.96. The van der Waals surface area contributed by atoms with Crippen LogP contribution in [0.3, 0.4) is 0 Å². The minimum absolute atomic E-state index is 0.0361. The zero-order chi connectivity index (χ0) is 14.6. The molecule has 0 unspecified atom stereocenters. The first kappa shape index (κ1) is 15.2. The van der Waals surface area contributed by atoms with Crippen LogP contribution in [0.2, 0.25) is 0 Å². The molecule has 0 saturated carbocycles. The summed E-state index contributed by atoms with van der Waals surface area (Å²) in [6.07, 6.45) is 0. The van der Waals surface area contributed by atoms with Crippen LogP contribution >= 0.6 is 0 Å². The quantitative estimate of drug-likeness (QED) is 0.875. The van der Waals surface area contributed by atoms with Gasteiger partial charge in [0.25, 0.3) is 0 Å². The third kappa shape index (κ3) is 4.09. The molecule has 0 aliphatic heterocycles. The van der Waals surface area contributed by atoms with Crippen LogP contribution in [-0.4, -0.2) is 17.9 Å². The Kier molecular flexibility index (Phi) is 5.10. The van der Waals surface area contributed by atoms with E-state index < -0.39 is 6.04 Å². The number of carbonyl (C=O) groups excluding carboxylic acids is 2. The van der Waals surface area contributed by atoms with Crippen molar-refractivity contribution in [1.82, 2.24) is 5.32 Å². The average Bonchev–Trinajstić information content (AvgIpc) is 2.31. The molecule has 0 aliphatic rings. The second-order valence-corrected chi connectivity index (χ2v) is 5.16. The standard InChI is InChI=1S/C15H22N2O2/c1-9(2)14(16-12(5)18)15(19)17-13-8-6-7-10(3)11(13)4/h6-9,14H,1-5H3,(H,16,18)(H,17,19)/t14-/m1/s1. The zero-order valence-electron chi connectivity index (χ0n) is 12.2. The molecule has 0 saturated heterocycles. The van der Waals surface area contributed by atoms with E-state index in [0.717, 1.165) is 16.8 Å². The van der Waals surface area contributed by atoms with Crippen molar-refractivity contribution in [2.45, 2.75) is 40.7 Å². The number of nitrogens with one attached hydrogen (secondary N) is 2. The topological polar surface area (TPSA) is 58.2 Å². The van der Waals surface area contributed by atoms with Gasteiger partial charge in [-0.05, 0) is 37.0 Å². The van der Waals surface area contributed by atoms with Crippen LogP contribution in [0, 0.1) is 19.8 Å². The smallest absolute Gasteiger partial charge is 0.247 e. The van der Waals surface area contributed by atoms with Gasteiger partial charge in [0.2, 0.25) is 11.8 Å². The highest BCUT2D eigenvalue weighted by Gasteiger charge is 2.23. The number of aryl methyl sites for hydroxylation is 1. The Bertz CT molecular complexity index is 481. The van der Waals surface area contributed by atoms with Gasteiger partial charge in [-0.2, -0.15) is 0 Å². The molecular weight excluding hydrogens is 240 g/mol. The number of amides is 2. The molecular formula is C15H22N2O2. The fourth-order valence-electron chi connectivity index (χ4n) is 1.85. The van der Waals surface area contributed by atoms with Crippen LogP contribution in [0.15, 0.2) is 18.2 Å². The first-order valence-corrected chi connectivity index (χ1v) is 6.47. The summed E-state index contributed by atoms with van der Waals surface area (Å²) in [5.74, 6) is -0.345. The van der Waals surface area contributed by atoms with Crippen molar-refractivity contribution in [2.75, 3.05) is 5.32 Å². The monoisotopic (exact) mass is 262 g/mol. The van der Waals surface area contributed by atoms with Gasteiger partial charge in [-0.25, -0.2) is 0 Å². The van der Waals surface area contributed by atoms with Crippen LogP contribution in [0.4, 0.5) is 5.69 Å². The lowest BCUT2D eigenvalue weighted by Crippen LogP contribution is -2.46. The molecule has 2 N–H and O–H groups in total. The lowest BCUT2D eigenvalue weighted by Gasteiger charge is -2.21. The van der Waals surface area contributed by atoms with Crippen molar-refractivity contribution in [2.24, 2.45) is 5.92 Å². The number of anilines is 1. The molecule has 104 valence electrons. The predicted octanol–water partition coefficient (Wildman–Crippen LogP) is 2.40. The minimum Gasteiger partial charge on any atom is -0.344 e. The normalized spacial score (nSPS) is 12.1. The van der Waals surface area contributed by atoms with Gasteiger partial charge in [-0.1, -0.05) is 26.0 Å². The maximum Gasteiger partial charge on any atom is 0.247 e. The van der Waals surface area contributed by atoms with Gasteiger partial charge in [-0.3, -0.25) is 9.59 Å². The molecule has 0 radical (unpaired) electrons. The van der Waals surface area contributed by atoms with Crippen LogP contribution in [0.25, 0.3) is 0 Å². The second kappa shape index (κ2) is 6.36. The van der Waals surface area contributed by atoms with E-state index in [2.05, 4.69) is 10.6 Å². The molecule has 4 heteroatoms. The van der Waals surface area contributed by atoms with Gasteiger partial charge >= 0.3 is 0 Å². The lowest BCUT2D eigenvalue weighted by molar-refractivity contribution is -0.126. The molecule has 2 amide bonds. The molecule has 19 heavy (non-hydrogen) atoms. The third-order valence-corrected chi connectivity index (χ3v) is 3.17. The Balaban J connectivity index is 2.87. The molecule has 1 rings (SSSR count). The molecule has 1 atom stereocenters. The van der Waals surface area contributed by atoms with E-state index in [0.29, 0.717) is 0 Å². The van der Waals surface area contributed by atoms with E-state index in [4.69, 9.17) is 0 Å². The lowest BCUT2D eigenvalue weighted by atomic mass is 10.0. The van der Waals surface area contributed by atoms with E-state index in [-0.39, 0.29) is 17.7 Å². The molecule has 4 nitrogen and oxygen atoms in total. The van der Waals surface area contributed by atoms with Crippen molar-refractivity contribution >= 4 is 17.5 Å². The fourth-order valence-corrected chi connectivity index (χ4v) is 1.85. The second-order valence-electron chi connectivity index (χ2n) is 5.16. The molecule has 0 aromatic heterocycles. The average molecular weight is 262 g/mol. The van der Waals surface area contributed by atoms with E-state index in [1.54, 1.807) is 0 Å². The fraction of sp³-hybridized carbons (Fsp3) is 0.467. The Morgan fingerprint density at radius 2 is 1.79 bits per heavy atom. The molecule has 0 spiro atoms. The molecule has 0 aliphatic carbocycles. The van der Waals surface area contributed by atoms with Gasteiger partial charge in [0.15, 0.2) is 0 Å². The first-order chi connectivity index (χ1) is 8.82. The van der Waals surface area contributed by atoms with E-state index in [9.17, 15) is 9.59 Å². The highest BCUT2D eigenvalue weighted by molar-refractivity contribution is 5.97. The van der Waals surface area contributed by atoms with Crippen LogP contribution in [0.1, 0.15) is 31.9 Å². The molecule has 1 aromatic rings. The number of hydrogen-bond donors (Lipinski definition) is 2. The molecule has 0 heterocycles. The molecule has 1 aromatic carbocycles. The summed E-state index contributed by atoms with van der Waals surface area (Å²) in [5, 5.41) is 5.57. The summed E-state index contributed by atoms with van der Waals surface area (Å²) in [6, 6.07) is 5.25. The van der Waals surface area contributed by atoms with E-state index >= 15 is 0 Å². The highest BCUT2D eigenvalue weighted by Crippen LogP contribution is 2.18. The van der Waals surface area contributed by atoms with Gasteiger partial charge < -0.3 is 10.6 Å². The van der Waals surface area contributed by atoms with Gasteiger partial charge in [-0.15, -0.1) is 0 Å². The van der Waals surface area contributed by atoms with Gasteiger partial charge in [0.1, 0.15) is 6.04 Å². The van der Waals surface area contributed by atoms with E-state index in [1.165, 1.54) is 6.92 Å².